The van der Waals surface area contributed by atoms with Crippen molar-refractivity contribution in [2.24, 2.45) is 0 Å². The molecule has 21 heavy (non-hydrogen) atoms. The number of aliphatic carboxylic acids is 1. The number of carbonyl (C=O) groups is 1. The van der Waals surface area contributed by atoms with E-state index in [2.05, 4.69) is 54.8 Å². The van der Waals surface area contributed by atoms with Crippen molar-refractivity contribution < 1.29 is 9.90 Å². The van der Waals surface area contributed by atoms with Crippen molar-refractivity contribution in [3.63, 3.8) is 0 Å². The molecule has 1 aliphatic heterocycles. The van der Waals surface area contributed by atoms with Gasteiger partial charge in [-0.3, -0.25) is 9.69 Å². The van der Waals surface area contributed by atoms with Crippen molar-refractivity contribution in [1.82, 2.24) is 4.90 Å². The number of benzene rings is 1. The molecule has 1 aliphatic rings. The van der Waals surface area contributed by atoms with Crippen LogP contribution in [0.1, 0.15) is 32.3 Å². The molecule has 0 bridgehead atoms. The molecule has 1 aromatic carbocycles. The molecule has 1 saturated heterocycles. The van der Waals surface area contributed by atoms with Crippen LogP contribution in [0.2, 0.25) is 0 Å². The second-order valence-electron chi connectivity index (χ2n) is 6.20. The van der Waals surface area contributed by atoms with E-state index in [0.29, 0.717) is 18.6 Å². The van der Waals surface area contributed by atoms with E-state index in [0.717, 1.165) is 25.2 Å². The van der Waals surface area contributed by atoms with Crippen LogP contribution in [0.5, 0.6) is 0 Å². The van der Waals surface area contributed by atoms with E-state index in [4.69, 9.17) is 5.11 Å². The first-order valence-corrected chi connectivity index (χ1v) is 7.76. The molecule has 1 atom stereocenters. The summed E-state index contributed by atoms with van der Waals surface area (Å²) in [7, 11) is 0. The summed E-state index contributed by atoms with van der Waals surface area (Å²) in [5, 5.41) is 9.00. The molecule has 4 heteroatoms. The number of rotatable bonds is 6. The second-order valence-corrected chi connectivity index (χ2v) is 6.20. The first-order chi connectivity index (χ1) is 9.97. The Labute approximate surface area is 127 Å². The lowest BCUT2D eigenvalue weighted by atomic mass is 10.1. The maximum absolute atomic E-state index is 10.9. The Morgan fingerprint density at radius 2 is 2.05 bits per heavy atom. The Morgan fingerprint density at radius 1 is 1.38 bits per heavy atom. The molecule has 4 nitrogen and oxygen atoms in total. The third-order valence-corrected chi connectivity index (χ3v) is 4.30. The van der Waals surface area contributed by atoms with Crippen molar-refractivity contribution in [2.75, 3.05) is 24.5 Å². The summed E-state index contributed by atoms with van der Waals surface area (Å²) in [6, 6.07) is 9.37. The van der Waals surface area contributed by atoms with Gasteiger partial charge in [-0.25, -0.2) is 0 Å². The molecule has 116 valence electrons. The van der Waals surface area contributed by atoms with Gasteiger partial charge >= 0.3 is 5.97 Å². The zero-order chi connectivity index (χ0) is 15.4. The van der Waals surface area contributed by atoms with E-state index in [1.807, 2.05) is 0 Å². The summed E-state index contributed by atoms with van der Waals surface area (Å²) >= 11 is 0. The van der Waals surface area contributed by atoms with Gasteiger partial charge in [0.15, 0.2) is 0 Å². The van der Waals surface area contributed by atoms with Crippen LogP contribution in [-0.4, -0.2) is 47.7 Å². The zero-order valence-electron chi connectivity index (χ0n) is 13.2. The average Bonchev–Trinajstić information content (AvgIpc) is 2.90. The van der Waals surface area contributed by atoms with Crippen molar-refractivity contribution in [3.05, 3.63) is 29.8 Å². The largest absolute Gasteiger partial charge is 0.481 e. The van der Waals surface area contributed by atoms with E-state index in [1.54, 1.807) is 0 Å². The lowest BCUT2D eigenvalue weighted by molar-refractivity contribution is -0.136. The smallest absolute Gasteiger partial charge is 0.305 e. The van der Waals surface area contributed by atoms with Crippen molar-refractivity contribution in [1.29, 1.82) is 0 Å². The van der Waals surface area contributed by atoms with Crippen molar-refractivity contribution in [3.8, 4) is 0 Å². The molecular formula is C17H26N2O2. The fourth-order valence-corrected chi connectivity index (χ4v) is 2.97. The number of carboxylic acids is 1. The van der Waals surface area contributed by atoms with Gasteiger partial charge in [0.05, 0.1) is 6.42 Å². The molecule has 0 aliphatic carbocycles. The fraction of sp³-hybridized carbons (Fsp3) is 0.588. The molecule has 1 unspecified atom stereocenters. The topological polar surface area (TPSA) is 43.8 Å². The molecule has 1 fully saturated rings. The first kappa shape index (κ1) is 15.8. The van der Waals surface area contributed by atoms with Crippen molar-refractivity contribution >= 4 is 11.7 Å². The average molecular weight is 290 g/mol. The van der Waals surface area contributed by atoms with Crippen LogP contribution in [0, 0.1) is 6.92 Å². The lowest BCUT2D eigenvalue weighted by Crippen LogP contribution is -2.40. The van der Waals surface area contributed by atoms with E-state index in [-0.39, 0.29) is 6.42 Å². The molecule has 0 spiro atoms. The molecular weight excluding hydrogens is 264 g/mol. The predicted molar refractivity (Wildman–Crippen MR) is 85.9 cm³/mol. The van der Waals surface area contributed by atoms with Gasteiger partial charge in [0.25, 0.3) is 0 Å². The highest BCUT2D eigenvalue weighted by Gasteiger charge is 2.29. The summed E-state index contributed by atoms with van der Waals surface area (Å²) in [5.74, 6) is -0.731. The van der Waals surface area contributed by atoms with Crippen LogP contribution in [0.15, 0.2) is 24.3 Å². The lowest BCUT2D eigenvalue weighted by Gasteiger charge is -2.31. The summed E-state index contributed by atoms with van der Waals surface area (Å²) in [6.07, 6.45) is 1.29. The van der Waals surface area contributed by atoms with Gasteiger partial charge in [0.2, 0.25) is 0 Å². The Balaban J connectivity index is 2.12. The van der Waals surface area contributed by atoms with Crippen LogP contribution in [0.25, 0.3) is 0 Å². The monoisotopic (exact) mass is 290 g/mol. The Morgan fingerprint density at radius 3 is 2.57 bits per heavy atom. The van der Waals surface area contributed by atoms with Gasteiger partial charge in [0, 0.05) is 37.4 Å². The van der Waals surface area contributed by atoms with Crippen molar-refractivity contribution in [2.45, 2.75) is 45.7 Å². The van der Waals surface area contributed by atoms with Crippen LogP contribution in [-0.2, 0) is 4.79 Å². The van der Waals surface area contributed by atoms with E-state index >= 15 is 0 Å². The number of likely N-dealkylation sites (tertiary alicyclic amines) is 1. The normalized spacial score (nSPS) is 19.1. The summed E-state index contributed by atoms with van der Waals surface area (Å²) in [6.45, 7) is 9.20. The minimum Gasteiger partial charge on any atom is -0.481 e. The highest BCUT2D eigenvalue weighted by atomic mass is 16.4. The van der Waals surface area contributed by atoms with Crippen LogP contribution < -0.4 is 4.90 Å². The van der Waals surface area contributed by atoms with E-state index in [1.165, 1.54) is 5.56 Å². The van der Waals surface area contributed by atoms with Crippen LogP contribution in [0.3, 0.4) is 0 Å². The van der Waals surface area contributed by atoms with Gasteiger partial charge in [-0.15, -0.1) is 0 Å². The van der Waals surface area contributed by atoms with Crippen LogP contribution >= 0.6 is 0 Å². The number of aryl methyl sites for hydroxylation is 1. The Kier molecular flexibility index (Phi) is 5.23. The maximum atomic E-state index is 10.9. The minimum atomic E-state index is -0.731. The third kappa shape index (κ3) is 4.21. The number of hydrogen-bond acceptors (Lipinski definition) is 3. The van der Waals surface area contributed by atoms with Gasteiger partial charge in [0.1, 0.15) is 0 Å². The highest BCUT2D eigenvalue weighted by molar-refractivity contribution is 5.67. The number of nitrogens with zero attached hydrogens (tertiary/aromatic N) is 2. The first-order valence-electron chi connectivity index (χ1n) is 7.76. The standard InChI is InChI=1S/C17H26N2O2/c1-13(2)18-10-8-16(12-18)19(11-9-17(20)21)15-6-4-14(3)5-7-15/h4-7,13,16H,8-12H2,1-3H3,(H,20,21). The van der Waals surface area contributed by atoms with Gasteiger partial charge in [-0.05, 0) is 39.3 Å². The summed E-state index contributed by atoms with van der Waals surface area (Å²) in [4.78, 5) is 15.7. The number of carboxylic acid groups (broad SMARTS) is 1. The summed E-state index contributed by atoms with van der Waals surface area (Å²) < 4.78 is 0. The molecule has 0 aromatic heterocycles. The maximum Gasteiger partial charge on any atom is 0.305 e. The van der Waals surface area contributed by atoms with E-state index in [9.17, 15) is 4.79 Å². The molecule has 0 amide bonds. The van der Waals surface area contributed by atoms with Crippen LogP contribution in [0.4, 0.5) is 5.69 Å². The number of hydrogen-bond donors (Lipinski definition) is 1. The highest BCUT2D eigenvalue weighted by Crippen LogP contribution is 2.24. The second kappa shape index (κ2) is 6.94. The molecule has 1 heterocycles. The van der Waals surface area contributed by atoms with Gasteiger partial charge in [-0.2, -0.15) is 0 Å². The zero-order valence-corrected chi connectivity index (χ0v) is 13.2. The molecule has 1 N–H and O–H groups in total. The molecule has 1 aromatic rings. The summed E-state index contributed by atoms with van der Waals surface area (Å²) in [5.41, 5.74) is 2.37. The minimum absolute atomic E-state index is 0.187. The van der Waals surface area contributed by atoms with Gasteiger partial charge < -0.3 is 10.0 Å². The molecule has 0 radical (unpaired) electrons. The predicted octanol–water partition coefficient (Wildman–Crippen LogP) is 2.76. The SMILES string of the molecule is Cc1ccc(N(CCC(=O)O)C2CCN(C(C)C)C2)cc1. The Bertz CT molecular complexity index is 470. The van der Waals surface area contributed by atoms with E-state index < -0.39 is 5.97 Å². The number of anilines is 1. The molecule has 2 rings (SSSR count). The molecule has 0 saturated carbocycles. The fourth-order valence-electron chi connectivity index (χ4n) is 2.97. The quantitative estimate of drug-likeness (QED) is 0.875. The Hall–Kier alpha value is -1.55. The third-order valence-electron chi connectivity index (χ3n) is 4.30. The van der Waals surface area contributed by atoms with Gasteiger partial charge in [-0.1, -0.05) is 17.7 Å².